The molecule has 0 bridgehead atoms. The van der Waals surface area contributed by atoms with Gasteiger partial charge in [0.2, 0.25) is 6.23 Å². The average molecular weight is 519 g/mol. The number of nitro benzene ring substituents is 1. The van der Waals surface area contributed by atoms with E-state index in [1.807, 2.05) is 41.4 Å². The molecule has 0 aromatic heterocycles. The fourth-order valence-corrected chi connectivity index (χ4v) is 4.55. The number of hydrazone groups is 1. The minimum Gasteiger partial charge on any atom is -0.464 e. The van der Waals surface area contributed by atoms with Gasteiger partial charge in [0.1, 0.15) is 10.8 Å². The van der Waals surface area contributed by atoms with Crippen molar-refractivity contribution in [3.63, 3.8) is 0 Å². The van der Waals surface area contributed by atoms with Gasteiger partial charge in [-0.05, 0) is 42.0 Å². The lowest BCUT2D eigenvalue weighted by Crippen LogP contribution is -2.33. The van der Waals surface area contributed by atoms with Crippen LogP contribution >= 0.6 is 39.1 Å². The van der Waals surface area contributed by atoms with Crippen molar-refractivity contribution in [3.05, 3.63) is 102 Å². The second-order valence-electron chi connectivity index (χ2n) is 7.27. The quantitative estimate of drug-likeness (QED) is 0.279. The Morgan fingerprint density at radius 2 is 1.87 bits per heavy atom. The monoisotopic (exact) mass is 517 g/mol. The Balaban J connectivity index is 1.61. The summed E-state index contributed by atoms with van der Waals surface area (Å²) < 4.78 is 7.24. The maximum absolute atomic E-state index is 11.4. The molecule has 6 nitrogen and oxygen atoms in total. The van der Waals surface area contributed by atoms with E-state index in [9.17, 15) is 10.1 Å². The van der Waals surface area contributed by atoms with Crippen molar-refractivity contribution in [1.82, 2.24) is 5.01 Å². The summed E-state index contributed by atoms with van der Waals surface area (Å²) in [7, 11) is 0. The number of halogens is 3. The summed E-state index contributed by atoms with van der Waals surface area (Å²) in [6.07, 6.45) is 0.0208. The van der Waals surface area contributed by atoms with Crippen molar-refractivity contribution in [1.29, 1.82) is 0 Å². The molecule has 0 spiro atoms. The SMILES string of the molecule is O=[N+]([O-])c1cc([C@@H]2Oc3ccc(Cl)cc3[C@@H]3CC(c4ccc(Br)cc4)=NN32)ccc1Cl. The zero-order valence-electron chi connectivity index (χ0n) is 15.8. The van der Waals surface area contributed by atoms with Crippen molar-refractivity contribution >= 4 is 50.5 Å². The number of nitro groups is 1. The Morgan fingerprint density at radius 3 is 2.61 bits per heavy atom. The number of hydrogen-bond acceptors (Lipinski definition) is 5. The third-order valence-corrected chi connectivity index (χ3v) is 6.46. The summed E-state index contributed by atoms with van der Waals surface area (Å²) in [4.78, 5) is 10.9. The average Bonchev–Trinajstić information content (AvgIpc) is 3.20. The van der Waals surface area contributed by atoms with Crippen LogP contribution in [0, 0.1) is 10.1 Å². The highest BCUT2D eigenvalue weighted by Crippen LogP contribution is 2.48. The predicted molar refractivity (Wildman–Crippen MR) is 123 cm³/mol. The highest BCUT2D eigenvalue weighted by molar-refractivity contribution is 9.10. The minimum atomic E-state index is -0.636. The molecule has 0 unspecified atom stereocenters. The first kappa shape index (κ1) is 20.3. The van der Waals surface area contributed by atoms with Crippen molar-refractivity contribution in [2.75, 3.05) is 0 Å². The van der Waals surface area contributed by atoms with Gasteiger partial charge < -0.3 is 4.74 Å². The predicted octanol–water partition coefficient (Wildman–Crippen LogP) is 6.91. The third kappa shape index (κ3) is 3.67. The molecular formula is C22H14BrCl2N3O3. The molecule has 0 radical (unpaired) electrons. The van der Waals surface area contributed by atoms with E-state index >= 15 is 0 Å². The molecule has 3 aromatic carbocycles. The molecule has 156 valence electrons. The van der Waals surface area contributed by atoms with Gasteiger partial charge in [0.05, 0.1) is 16.7 Å². The van der Waals surface area contributed by atoms with Crippen molar-refractivity contribution in [2.45, 2.75) is 18.7 Å². The van der Waals surface area contributed by atoms with Crippen LogP contribution in [0.2, 0.25) is 10.0 Å². The van der Waals surface area contributed by atoms with Crippen LogP contribution in [0.5, 0.6) is 5.75 Å². The molecule has 0 saturated heterocycles. The smallest absolute Gasteiger partial charge is 0.288 e. The lowest BCUT2D eigenvalue weighted by molar-refractivity contribution is -0.384. The Kier molecular flexibility index (Phi) is 5.12. The van der Waals surface area contributed by atoms with Crippen LogP contribution < -0.4 is 4.74 Å². The van der Waals surface area contributed by atoms with Gasteiger partial charge in [0.25, 0.3) is 5.69 Å². The molecule has 0 aliphatic carbocycles. The molecule has 2 aliphatic rings. The van der Waals surface area contributed by atoms with E-state index < -0.39 is 11.2 Å². The molecular weight excluding hydrogens is 505 g/mol. The lowest BCUT2D eigenvalue weighted by atomic mass is 9.96. The summed E-state index contributed by atoms with van der Waals surface area (Å²) >= 11 is 15.7. The molecule has 0 saturated carbocycles. The largest absolute Gasteiger partial charge is 0.464 e. The topological polar surface area (TPSA) is 68.0 Å². The molecule has 0 fully saturated rings. The maximum Gasteiger partial charge on any atom is 0.288 e. The van der Waals surface area contributed by atoms with Gasteiger partial charge in [0.15, 0.2) is 0 Å². The fourth-order valence-electron chi connectivity index (χ4n) is 3.92. The van der Waals surface area contributed by atoms with Crippen LogP contribution in [0.1, 0.15) is 35.4 Å². The molecule has 3 aromatic rings. The number of nitrogens with zero attached hydrogens (tertiary/aromatic N) is 3. The fraction of sp³-hybridized carbons (Fsp3) is 0.136. The number of fused-ring (bicyclic) bond motifs is 3. The molecule has 2 aliphatic heterocycles. The Morgan fingerprint density at radius 1 is 1.10 bits per heavy atom. The first-order chi connectivity index (χ1) is 14.9. The summed E-state index contributed by atoms with van der Waals surface area (Å²) in [5, 5.41) is 18.8. The number of benzene rings is 3. The van der Waals surface area contributed by atoms with E-state index in [1.54, 1.807) is 12.1 Å². The summed E-state index contributed by atoms with van der Waals surface area (Å²) in [5.74, 6) is 0.681. The number of hydrogen-bond donors (Lipinski definition) is 0. The highest BCUT2D eigenvalue weighted by Gasteiger charge is 2.41. The second kappa shape index (κ2) is 7.82. The van der Waals surface area contributed by atoms with Crippen LogP contribution in [-0.4, -0.2) is 15.6 Å². The zero-order valence-corrected chi connectivity index (χ0v) is 18.9. The van der Waals surface area contributed by atoms with Gasteiger partial charge >= 0.3 is 0 Å². The van der Waals surface area contributed by atoms with E-state index in [0.717, 1.165) is 21.3 Å². The van der Waals surface area contributed by atoms with E-state index in [0.29, 0.717) is 22.8 Å². The van der Waals surface area contributed by atoms with Crippen LogP contribution in [0.4, 0.5) is 5.69 Å². The van der Waals surface area contributed by atoms with Crippen LogP contribution in [0.15, 0.2) is 70.2 Å². The molecule has 5 rings (SSSR count). The Bertz CT molecular complexity index is 1230. The van der Waals surface area contributed by atoms with E-state index in [2.05, 4.69) is 15.9 Å². The molecule has 2 heterocycles. The zero-order chi connectivity index (χ0) is 21.7. The molecule has 31 heavy (non-hydrogen) atoms. The normalized spacial score (nSPS) is 19.3. The van der Waals surface area contributed by atoms with E-state index in [4.69, 9.17) is 33.0 Å². The minimum absolute atomic E-state index is 0.0776. The summed E-state index contributed by atoms with van der Waals surface area (Å²) in [6.45, 7) is 0. The first-order valence-corrected chi connectivity index (χ1v) is 11.0. The van der Waals surface area contributed by atoms with Crippen molar-refractivity contribution in [3.8, 4) is 5.75 Å². The second-order valence-corrected chi connectivity index (χ2v) is 9.03. The Hall–Kier alpha value is -2.61. The standard InChI is InChI=1S/C22H14BrCl2N3O3/c23-14-4-1-12(2-5-14)18-11-19-16-10-15(24)6-8-21(16)31-22(27(19)26-18)13-3-7-17(25)20(9-13)28(29)30/h1-10,19,22H,11H2/t19-,22-/m0/s1. The first-order valence-electron chi connectivity index (χ1n) is 9.42. The maximum atomic E-state index is 11.4. The molecule has 9 heteroatoms. The van der Waals surface area contributed by atoms with Gasteiger partial charge in [-0.3, -0.25) is 10.1 Å². The summed E-state index contributed by atoms with van der Waals surface area (Å²) in [5.41, 5.74) is 3.27. The van der Waals surface area contributed by atoms with Crippen LogP contribution in [-0.2, 0) is 0 Å². The van der Waals surface area contributed by atoms with E-state index in [1.165, 1.54) is 12.1 Å². The van der Waals surface area contributed by atoms with Gasteiger partial charge in [0, 0.05) is 33.1 Å². The molecule has 2 atom stereocenters. The third-order valence-electron chi connectivity index (χ3n) is 5.38. The number of rotatable bonds is 3. The molecule has 0 N–H and O–H groups in total. The van der Waals surface area contributed by atoms with Crippen molar-refractivity contribution < 1.29 is 9.66 Å². The van der Waals surface area contributed by atoms with Gasteiger partial charge in [-0.25, -0.2) is 5.01 Å². The van der Waals surface area contributed by atoms with Crippen LogP contribution in [0.25, 0.3) is 0 Å². The lowest BCUT2D eigenvalue weighted by Gasteiger charge is -2.38. The molecule has 0 amide bonds. The van der Waals surface area contributed by atoms with Crippen molar-refractivity contribution in [2.24, 2.45) is 5.10 Å². The number of ether oxygens (including phenoxy) is 1. The highest BCUT2D eigenvalue weighted by atomic mass is 79.9. The van der Waals surface area contributed by atoms with Crippen LogP contribution in [0.3, 0.4) is 0 Å². The van der Waals surface area contributed by atoms with E-state index in [-0.39, 0.29) is 16.8 Å². The summed E-state index contributed by atoms with van der Waals surface area (Å²) in [6, 6.07) is 18.0. The Labute approximate surface area is 196 Å². The van der Waals surface area contributed by atoms with Gasteiger partial charge in [-0.2, -0.15) is 5.10 Å². The van der Waals surface area contributed by atoms with Gasteiger partial charge in [-0.1, -0.05) is 57.3 Å². The van der Waals surface area contributed by atoms with Gasteiger partial charge in [-0.15, -0.1) is 0 Å².